The minimum atomic E-state index is 1.10. The molecule has 0 bridgehead atoms. The molecule has 14 heavy (non-hydrogen) atoms. The maximum Gasteiger partial charge on any atom is 0.0904 e. The third-order valence-electron chi connectivity index (χ3n) is 2.02. The van der Waals surface area contributed by atoms with Crippen LogP contribution in [0.25, 0.3) is 11.3 Å². The van der Waals surface area contributed by atoms with Crippen LogP contribution in [0.1, 0.15) is 9.88 Å². The highest BCUT2D eigenvalue weighted by atomic mass is 79.9. The molecule has 1 aromatic carbocycles. The van der Waals surface area contributed by atoms with Crippen molar-refractivity contribution in [2.45, 2.75) is 13.8 Å². The van der Waals surface area contributed by atoms with E-state index < -0.39 is 0 Å². The van der Waals surface area contributed by atoms with Crippen molar-refractivity contribution >= 4 is 27.3 Å². The lowest BCUT2D eigenvalue weighted by molar-refractivity contribution is 1.28. The fourth-order valence-electron chi connectivity index (χ4n) is 1.40. The van der Waals surface area contributed by atoms with E-state index in [1.54, 1.807) is 11.3 Å². The van der Waals surface area contributed by atoms with Gasteiger partial charge in [-0.2, -0.15) is 0 Å². The van der Waals surface area contributed by atoms with Crippen molar-refractivity contribution < 1.29 is 0 Å². The van der Waals surface area contributed by atoms with Crippen LogP contribution in [-0.4, -0.2) is 4.98 Å². The molecule has 1 nitrogen and oxygen atoms in total. The summed E-state index contributed by atoms with van der Waals surface area (Å²) in [7, 11) is 0. The van der Waals surface area contributed by atoms with E-state index in [2.05, 4.69) is 40.0 Å². The fraction of sp³-hybridized carbons (Fsp3) is 0.182. The Morgan fingerprint density at radius 3 is 2.29 bits per heavy atom. The van der Waals surface area contributed by atoms with Crippen LogP contribution in [0.3, 0.4) is 0 Å². The second kappa shape index (κ2) is 3.83. The molecule has 0 unspecified atom stereocenters. The van der Waals surface area contributed by atoms with E-state index in [0.29, 0.717) is 0 Å². The molecule has 3 heteroatoms. The Bertz CT molecular complexity index is 445. The third kappa shape index (κ3) is 1.88. The zero-order chi connectivity index (χ0) is 10.1. The maximum absolute atomic E-state index is 4.51. The van der Waals surface area contributed by atoms with E-state index in [-0.39, 0.29) is 0 Å². The van der Waals surface area contributed by atoms with Crippen LogP contribution in [0.2, 0.25) is 0 Å². The summed E-state index contributed by atoms with van der Waals surface area (Å²) in [5.74, 6) is 0. The summed E-state index contributed by atoms with van der Waals surface area (Å²) in [5, 5.41) is 1.13. The minimum absolute atomic E-state index is 1.10. The van der Waals surface area contributed by atoms with Gasteiger partial charge in [0, 0.05) is 14.9 Å². The lowest BCUT2D eigenvalue weighted by Gasteiger charge is -1.98. The standard InChI is InChI=1S/C11H10BrNS/c1-7-11(13-8(2)14-7)9-3-5-10(12)6-4-9/h3-6H,1-2H3. The number of hydrogen-bond acceptors (Lipinski definition) is 2. The third-order valence-corrected chi connectivity index (χ3v) is 3.44. The Balaban J connectivity index is 2.49. The first-order chi connectivity index (χ1) is 6.66. The van der Waals surface area contributed by atoms with Gasteiger partial charge in [0.15, 0.2) is 0 Å². The van der Waals surface area contributed by atoms with Crippen LogP contribution in [-0.2, 0) is 0 Å². The zero-order valence-corrected chi connectivity index (χ0v) is 10.4. The molecule has 0 radical (unpaired) electrons. The Kier molecular flexibility index (Phi) is 2.70. The average molecular weight is 268 g/mol. The highest BCUT2D eigenvalue weighted by molar-refractivity contribution is 9.10. The highest BCUT2D eigenvalue weighted by Crippen LogP contribution is 2.27. The van der Waals surface area contributed by atoms with Gasteiger partial charge in [0.1, 0.15) is 0 Å². The first kappa shape index (κ1) is 9.87. The van der Waals surface area contributed by atoms with Crippen molar-refractivity contribution in [3.8, 4) is 11.3 Å². The SMILES string of the molecule is Cc1nc(-c2ccc(Br)cc2)c(C)s1. The summed E-state index contributed by atoms with van der Waals surface area (Å²) in [6, 6.07) is 8.27. The van der Waals surface area contributed by atoms with Crippen molar-refractivity contribution in [2.24, 2.45) is 0 Å². The number of aryl methyl sites for hydroxylation is 2. The molecule has 0 aliphatic rings. The minimum Gasteiger partial charge on any atom is -0.241 e. The number of nitrogens with zero attached hydrogens (tertiary/aromatic N) is 1. The van der Waals surface area contributed by atoms with Gasteiger partial charge in [0.2, 0.25) is 0 Å². The maximum atomic E-state index is 4.51. The van der Waals surface area contributed by atoms with Gasteiger partial charge in [0.25, 0.3) is 0 Å². The molecule has 72 valence electrons. The number of rotatable bonds is 1. The van der Waals surface area contributed by atoms with E-state index in [9.17, 15) is 0 Å². The van der Waals surface area contributed by atoms with Gasteiger partial charge in [-0.25, -0.2) is 4.98 Å². The van der Waals surface area contributed by atoms with E-state index in [0.717, 1.165) is 15.2 Å². The molecule has 0 N–H and O–H groups in total. The molecule has 2 aromatic rings. The predicted molar refractivity (Wildman–Crippen MR) is 64.7 cm³/mol. The largest absolute Gasteiger partial charge is 0.241 e. The highest BCUT2D eigenvalue weighted by Gasteiger charge is 2.06. The summed E-state index contributed by atoms with van der Waals surface area (Å²) >= 11 is 5.17. The van der Waals surface area contributed by atoms with Crippen molar-refractivity contribution in [3.63, 3.8) is 0 Å². The lowest BCUT2D eigenvalue weighted by Crippen LogP contribution is -1.80. The molecule has 0 spiro atoms. The first-order valence-electron chi connectivity index (χ1n) is 4.37. The van der Waals surface area contributed by atoms with Gasteiger partial charge >= 0.3 is 0 Å². The monoisotopic (exact) mass is 267 g/mol. The number of hydrogen-bond donors (Lipinski definition) is 0. The summed E-state index contributed by atoms with van der Waals surface area (Å²) in [6.07, 6.45) is 0. The topological polar surface area (TPSA) is 12.9 Å². The van der Waals surface area contributed by atoms with E-state index in [1.807, 2.05) is 19.1 Å². The Morgan fingerprint density at radius 1 is 1.14 bits per heavy atom. The lowest BCUT2D eigenvalue weighted by atomic mass is 10.1. The predicted octanol–water partition coefficient (Wildman–Crippen LogP) is 4.19. The molecule has 0 saturated carbocycles. The fourth-order valence-corrected chi connectivity index (χ4v) is 2.51. The normalized spacial score (nSPS) is 10.5. The summed E-state index contributed by atoms with van der Waals surface area (Å²) in [4.78, 5) is 5.80. The van der Waals surface area contributed by atoms with Crippen LogP contribution in [0, 0.1) is 13.8 Å². The Morgan fingerprint density at radius 2 is 1.79 bits per heavy atom. The van der Waals surface area contributed by atoms with Gasteiger partial charge < -0.3 is 0 Å². The molecule has 0 fully saturated rings. The van der Waals surface area contributed by atoms with Gasteiger partial charge in [-0.1, -0.05) is 28.1 Å². The van der Waals surface area contributed by atoms with Crippen LogP contribution < -0.4 is 0 Å². The average Bonchev–Trinajstić information content (AvgIpc) is 2.47. The molecule has 0 atom stereocenters. The van der Waals surface area contributed by atoms with Gasteiger partial charge in [0.05, 0.1) is 10.7 Å². The van der Waals surface area contributed by atoms with Gasteiger partial charge in [-0.05, 0) is 26.0 Å². The van der Waals surface area contributed by atoms with Crippen molar-refractivity contribution in [1.82, 2.24) is 4.98 Å². The molecule has 0 saturated heterocycles. The molecule has 0 aliphatic carbocycles. The van der Waals surface area contributed by atoms with Gasteiger partial charge in [-0.3, -0.25) is 0 Å². The van der Waals surface area contributed by atoms with Crippen LogP contribution in [0.15, 0.2) is 28.7 Å². The van der Waals surface area contributed by atoms with Crippen LogP contribution in [0.4, 0.5) is 0 Å². The molecule has 2 rings (SSSR count). The number of halogens is 1. The molecule has 0 aliphatic heterocycles. The van der Waals surface area contributed by atoms with Crippen molar-refractivity contribution in [1.29, 1.82) is 0 Å². The summed E-state index contributed by atoms with van der Waals surface area (Å²) in [5.41, 5.74) is 2.30. The van der Waals surface area contributed by atoms with E-state index >= 15 is 0 Å². The van der Waals surface area contributed by atoms with E-state index in [1.165, 1.54) is 10.4 Å². The van der Waals surface area contributed by atoms with Gasteiger partial charge in [-0.15, -0.1) is 11.3 Å². The number of thiazole rings is 1. The zero-order valence-electron chi connectivity index (χ0n) is 8.04. The van der Waals surface area contributed by atoms with Crippen molar-refractivity contribution in [2.75, 3.05) is 0 Å². The molecular weight excluding hydrogens is 258 g/mol. The van der Waals surface area contributed by atoms with E-state index in [4.69, 9.17) is 0 Å². The smallest absolute Gasteiger partial charge is 0.0904 e. The second-order valence-corrected chi connectivity index (χ2v) is 5.47. The van der Waals surface area contributed by atoms with Crippen LogP contribution in [0.5, 0.6) is 0 Å². The Labute approximate surface area is 95.9 Å². The molecule has 1 aromatic heterocycles. The summed E-state index contributed by atoms with van der Waals surface area (Å²) in [6.45, 7) is 4.15. The quantitative estimate of drug-likeness (QED) is 0.755. The number of aromatic nitrogens is 1. The number of benzene rings is 1. The molecule has 1 heterocycles. The molecule has 0 amide bonds. The van der Waals surface area contributed by atoms with Crippen LogP contribution >= 0.6 is 27.3 Å². The Hall–Kier alpha value is -0.670. The first-order valence-corrected chi connectivity index (χ1v) is 5.98. The van der Waals surface area contributed by atoms with Crippen molar-refractivity contribution in [3.05, 3.63) is 38.6 Å². The second-order valence-electron chi connectivity index (χ2n) is 3.14. The molecular formula is C11H10BrNS. The summed E-state index contributed by atoms with van der Waals surface area (Å²) < 4.78 is 1.10.